The molecule has 0 bridgehead atoms. The highest BCUT2D eigenvalue weighted by Gasteiger charge is 2.23. The lowest BCUT2D eigenvalue weighted by atomic mass is 9.99. The van der Waals surface area contributed by atoms with E-state index in [9.17, 15) is 4.79 Å². The molecule has 5 nitrogen and oxygen atoms in total. The van der Waals surface area contributed by atoms with Crippen LogP contribution in [0.3, 0.4) is 0 Å². The zero-order chi connectivity index (χ0) is 18.2. The molecule has 2 fully saturated rings. The summed E-state index contributed by atoms with van der Waals surface area (Å²) in [6, 6.07) is 10.8. The van der Waals surface area contributed by atoms with Crippen LogP contribution in [0.2, 0.25) is 0 Å². The molecule has 0 saturated carbocycles. The Morgan fingerprint density at radius 1 is 1.08 bits per heavy atom. The molecule has 1 aromatic carbocycles. The number of amides is 2. The molecule has 2 amide bonds. The van der Waals surface area contributed by atoms with Gasteiger partial charge in [-0.1, -0.05) is 37.3 Å². The van der Waals surface area contributed by atoms with E-state index in [1.807, 2.05) is 6.07 Å². The van der Waals surface area contributed by atoms with Crippen LogP contribution in [0.15, 0.2) is 30.3 Å². The topological polar surface area (TPSA) is 47.6 Å². The van der Waals surface area contributed by atoms with Gasteiger partial charge in [-0.3, -0.25) is 4.90 Å². The minimum atomic E-state index is -0.0458. The van der Waals surface area contributed by atoms with Gasteiger partial charge < -0.3 is 15.5 Å². The Kier molecular flexibility index (Phi) is 7.32. The van der Waals surface area contributed by atoms with Crippen LogP contribution in [0.25, 0.3) is 0 Å². The van der Waals surface area contributed by atoms with Gasteiger partial charge in [0, 0.05) is 19.6 Å². The van der Waals surface area contributed by atoms with Gasteiger partial charge in [0.05, 0.1) is 6.04 Å². The van der Waals surface area contributed by atoms with Gasteiger partial charge in [-0.25, -0.2) is 4.79 Å². The molecule has 1 unspecified atom stereocenters. The number of rotatable bonds is 7. The van der Waals surface area contributed by atoms with Crippen molar-refractivity contribution >= 4 is 6.03 Å². The lowest BCUT2D eigenvalue weighted by molar-refractivity contribution is 0.190. The molecule has 1 aromatic rings. The van der Waals surface area contributed by atoms with Gasteiger partial charge in [0.1, 0.15) is 0 Å². The molecule has 0 spiro atoms. The van der Waals surface area contributed by atoms with Crippen molar-refractivity contribution in [2.45, 2.75) is 38.6 Å². The Hall–Kier alpha value is -1.59. The van der Waals surface area contributed by atoms with E-state index in [-0.39, 0.29) is 12.1 Å². The summed E-state index contributed by atoms with van der Waals surface area (Å²) < 4.78 is 0. The van der Waals surface area contributed by atoms with Crippen molar-refractivity contribution in [3.63, 3.8) is 0 Å². The van der Waals surface area contributed by atoms with E-state index in [1.54, 1.807) is 0 Å². The molecule has 2 aliphatic rings. The molecule has 0 radical (unpaired) electrons. The van der Waals surface area contributed by atoms with Gasteiger partial charge in [-0.2, -0.15) is 0 Å². The highest BCUT2D eigenvalue weighted by Crippen LogP contribution is 2.24. The summed E-state index contributed by atoms with van der Waals surface area (Å²) in [5, 5.41) is 6.12. The van der Waals surface area contributed by atoms with Crippen LogP contribution < -0.4 is 10.6 Å². The maximum atomic E-state index is 12.2. The van der Waals surface area contributed by atoms with Crippen LogP contribution >= 0.6 is 0 Å². The normalized spacial score (nSPS) is 20.8. The number of carbonyl (C=O) groups excluding carboxylic acids is 1. The zero-order valence-electron chi connectivity index (χ0n) is 16.1. The van der Waals surface area contributed by atoms with Crippen molar-refractivity contribution in [3.8, 4) is 0 Å². The number of carbonyl (C=O) groups is 1. The van der Waals surface area contributed by atoms with E-state index in [4.69, 9.17) is 0 Å². The fraction of sp³-hybridized carbons (Fsp3) is 0.667. The first-order valence-electron chi connectivity index (χ1n) is 10.3. The first kappa shape index (κ1) is 19.2. The lowest BCUT2D eigenvalue weighted by Crippen LogP contribution is -2.44. The second-order valence-corrected chi connectivity index (χ2v) is 7.83. The third-order valence-electron chi connectivity index (χ3n) is 5.81. The van der Waals surface area contributed by atoms with Crippen LogP contribution in [-0.2, 0) is 0 Å². The quantitative estimate of drug-likeness (QED) is 0.788. The van der Waals surface area contributed by atoms with Crippen LogP contribution in [0.5, 0.6) is 0 Å². The van der Waals surface area contributed by atoms with Gasteiger partial charge in [-0.05, 0) is 63.3 Å². The van der Waals surface area contributed by atoms with E-state index in [2.05, 4.69) is 51.6 Å². The minimum Gasteiger partial charge on any atom is -0.337 e. The largest absolute Gasteiger partial charge is 0.337 e. The number of hydrogen-bond acceptors (Lipinski definition) is 3. The summed E-state index contributed by atoms with van der Waals surface area (Å²) >= 11 is 0. The van der Waals surface area contributed by atoms with E-state index in [1.165, 1.54) is 31.2 Å². The molecule has 2 saturated heterocycles. The number of urea groups is 1. The number of nitrogens with zero attached hydrogens (tertiary/aromatic N) is 2. The molecule has 5 heteroatoms. The first-order valence-corrected chi connectivity index (χ1v) is 10.3. The third-order valence-corrected chi connectivity index (χ3v) is 5.81. The Morgan fingerprint density at radius 2 is 1.77 bits per heavy atom. The van der Waals surface area contributed by atoms with Crippen molar-refractivity contribution in [1.82, 2.24) is 20.4 Å². The highest BCUT2D eigenvalue weighted by molar-refractivity contribution is 5.73. The third kappa shape index (κ3) is 5.71. The molecule has 3 rings (SSSR count). The van der Waals surface area contributed by atoms with Crippen LogP contribution in [-0.4, -0.2) is 61.6 Å². The lowest BCUT2D eigenvalue weighted by Gasteiger charge is -2.30. The SMILES string of the molecule is CC1CCN(CCNC(=O)NCC(c2ccccc2)N2CCCC2)CC1. The van der Waals surface area contributed by atoms with Crippen LogP contribution in [0, 0.1) is 5.92 Å². The maximum Gasteiger partial charge on any atom is 0.314 e. The van der Waals surface area contributed by atoms with Crippen LogP contribution in [0.4, 0.5) is 4.79 Å². The van der Waals surface area contributed by atoms with Crippen molar-refractivity contribution in [1.29, 1.82) is 0 Å². The second-order valence-electron chi connectivity index (χ2n) is 7.83. The number of hydrogen-bond donors (Lipinski definition) is 2. The summed E-state index contributed by atoms with van der Waals surface area (Å²) in [6.45, 7) is 9.23. The molecule has 2 N–H and O–H groups in total. The summed E-state index contributed by atoms with van der Waals surface area (Å²) in [7, 11) is 0. The predicted molar refractivity (Wildman–Crippen MR) is 106 cm³/mol. The molecule has 144 valence electrons. The van der Waals surface area contributed by atoms with Gasteiger partial charge in [0.2, 0.25) is 0 Å². The van der Waals surface area contributed by atoms with Crippen LogP contribution in [0.1, 0.15) is 44.2 Å². The highest BCUT2D eigenvalue weighted by atomic mass is 16.2. The monoisotopic (exact) mass is 358 g/mol. The Balaban J connectivity index is 1.41. The van der Waals surface area contributed by atoms with Gasteiger partial charge in [0.25, 0.3) is 0 Å². The second kappa shape index (κ2) is 9.93. The molecule has 0 aromatic heterocycles. The molecular weight excluding hydrogens is 324 g/mol. The van der Waals surface area contributed by atoms with Gasteiger partial charge >= 0.3 is 6.03 Å². The van der Waals surface area contributed by atoms with E-state index in [0.29, 0.717) is 6.54 Å². The minimum absolute atomic E-state index is 0.0458. The number of likely N-dealkylation sites (tertiary alicyclic amines) is 2. The Labute approximate surface area is 158 Å². The van der Waals surface area contributed by atoms with Gasteiger partial charge in [0.15, 0.2) is 0 Å². The summed E-state index contributed by atoms with van der Waals surface area (Å²) in [5.41, 5.74) is 1.29. The van der Waals surface area contributed by atoms with Gasteiger partial charge in [-0.15, -0.1) is 0 Å². The van der Waals surface area contributed by atoms with Crippen molar-refractivity contribution < 1.29 is 4.79 Å². The smallest absolute Gasteiger partial charge is 0.314 e. The maximum absolute atomic E-state index is 12.2. The molecule has 1 atom stereocenters. The number of benzene rings is 1. The van der Waals surface area contributed by atoms with Crippen molar-refractivity contribution in [3.05, 3.63) is 35.9 Å². The Bertz CT molecular complexity index is 536. The molecule has 26 heavy (non-hydrogen) atoms. The summed E-state index contributed by atoms with van der Waals surface area (Å²) in [6.07, 6.45) is 5.07. The van der Waals surface area contributed by atoms with Crippen molar-refractivity contribution in [2.75, 3.05) is 45.8 Å². The van der Waals surface area contributed by atoms with E-state index < -0.39 is 0 Å². The summed E-state index contributed by atoms with van der Waals surface area (Å²) in [4.78, 5) is 17.2. The molecule has 0 aliphatic carbocycles. The number of piperidine rings is 1. The first-order chi connectivity index (χ1) is 12.7. The predicted octanol–water partition coefficient (Wildman–Crippen LogP) is 2.85. The number of nitrogens with one attached hydrogen (secondary N) is 2. The fourth-order valence-electron chi connectivity index (χ4n) is 4.05. The Morgan fingerprint density at radius 3 is 2.46 bits per heavy atom. The molecule has 2 heterocycles. The fourth-order valence-corrected chi connectivity index (χ4v) is 4.05. The standard InChI is InChI=1S/C21H34N4O/c1-18-9-14-24(15-10-18)16-11-22-21(26)23-17-20(25-12-5-6-13-25)19-7-3-2-4-8-19/h2-4,7-8,18,20H,5-6,9-17H2,1H3,(H2,22,23,26). The van der Waals surface area contributed by atoms with E-state index in [0.717, 1.165) is 45.2 Å². The molecule has 2 aliphatic heterocycles. The summed E-state index contributed by atoms with van der Waals surface area (Å²) in [5.74, 6) is 0.850. The average Bonchev–Trinajstić information content (AvgIpc) is 3.19. The zero-order valence-corrected chi connectivity index (χ0v) is 16.1. The van der Waals surface area contributed by atoms with Crippen molar-refractivity contribution in [2.24, 2.45) is 5.92 Å². The average molecular weight is 359 g/mol. The van der Waals surface area contributed by atoms with E-state index >= 15 is 0 Å². The molecular formula is C21H34N4O.